The predicted molar refractivity (Wildman–Crippen MR) is 311 cm³/mol. The third-order valence-electron chi connectivity index (χ3n) is 12.7. The van der Waals surface area contributed by atoms with Gasteiger partial charge in [-0.05, 0) is 160 Å². The summed E-state index contributed by atoms with van der Waals surface area (Å²) in [6.07, 6.45) is 26.2. The molecule has 0 amide bonds. The summed E-state index contributed by atoms with van der Waals surface area (Å²) >= 11 is 0. The van der Waals surface area contributed by atoms with Crippen LogP contribution in [0.2, 0.25) is 0 Å². The van der Waals surface area contributed by atoms with Gasteiger partial charge >= 0.3 is 0 Å². The van der Waals surface area contributed by atoms with Crippen molar-refractivity contribution in [1.82, 2.24) is 4.98 Å². The van der Waals surface area contributed by atoms with Crippen LogP contribution in [-0.2, 0) is 21.7 Å². The van der Waals surface area contributed by atoms with Gasteiger partial charge in [-0.1, -0.05) is 247 Å². The van der Waals surface area contributed by atoms with Gasteiger partial charge in [-0.3, -0.25) is 0 Å². The third kappa shape index (κ3) is 15.0. The van der Waals surface area contributed by atoms with Crippen LogP contribution in [0, 0.1) is 0 Å². The lowest BCUT2D eigenvalue weighted by molar-refractivity contribution is 0.590. The monoisotopic (exact) mass is 916 g/mol. The van der Waals surface area contributed by atoms with Gasteiger partial charge in [0, 0.05) is 0 Å². The first kappa shape index (κ1) is 50.8. The van der Waals surface area contributed by atoms with Crippen LogP contribution in [0.3, 0.4) is 0 Å². The minimum Gasteiger partial charge on any atom is -0.249 e. The molecule has 0 fully saturated rings. The van der Waals surface area contributed by atoms with Crippen molar-refractivity contribution in [2.45, 2.75) is 105 Å². The molecule has 0 saturated carbocycles. The van der Waals surface area contributed by atoms with E-state index >= 15 is 0 Å². The molecule has 0 atom stereocenters. The van der Waals surface area contributed by atoms with E-state index in [0.29, 0.717) is 0 Å². The van der Waals surface area contributed by atoms with Crippen LogP contribution in [0.5, 0.6) is 0 Å². The number of rotatable bonds is 12. The molecule has 0 unspecified atom stereocenters. The molecule has 0 spiro atoms. The van der Waals surface area contributed by atoms with Crippen molar-refractivity contribution >= 4 is 72.9 Å². The molecule has 7 aromatic rings. The summed E-state index contributed by atoms with van der Waals surface area (Å²) < 4.78 is 0. The highest BCUT2D eigenvalue weighted by molar-refractivity contribution is 5.81. The molecule has 7 rings (SSSR count). The van der Waals surface area contributed by atoms with Crippen molar-refractivity contribution in [2.75, 3.05) is 0 Å². The van der Waals surface area contributed by atoms with Crippen LogP contribution in [0.15, 0.2) is 152 Å². The second-order valence-corrected chi connectivity index (χ2v) is 22.8. The molecule has 6 aromatic carbocycles. The standard InChI is InChI=1S/C69H73N/c1-66(2,3)60-34-24-50(25-35-60)16-20-54-44-55(21-17-51-26-36-61(37-27-51)67(4,5)6)47-58(46-54)32-42-64-14-13-15-65(70-64)43-33-59-48-56(22-18-52-28-38-62(39-29-52)68(7,8)9)45-57(49-59)23-19-53-30-40-63(41-31-53)69(10,11)12/h13-49H,1-12H3/b20-16+,21-17+,22-18+,23-19+,42-32+,43-33+. The second kappa shape index (κ2) is 21.7. The lowest BCUT2D eigenvalue weighted by Gasteiger charge is -2.18. The molecular weight excluding hydrogens is 843 g/mol. The van der Waals surface area contributed by atoms with Gasteiger partial charge in [0.25, 0.3) is 0 Å². The summed E-state index contributed by atoms with van der Waals surface area (Å²) in [6, 6.07) is 55.3. The van der Waals surface area contributed by atoms with E-state index in [1.807, 2.05) is 0 Å². The Balaban J connectivity index is 1.15. The van der Waals surface area contributed by atoms with Gasteiger partial charge in [0.05, 0.1) is 11.4 Å². The van der Waals surface area contributed by atoms with E-state index in [2.05, 4.69) is 308 Å². The summed E-state index contributed by atoms with van der Waals surface area (Å²) in [4.78, 5) is 5.06. The number of pyridine rings is 1. The molecule has 0 aliphatic rings. The zero-order chi connectivity index (χ0) is 50.1. The largest absolute Gasteiger partial charge is 0.249 e. The Morgan fingerprint density at radius 3 is 0.614 bits per heavy atom. The first-order valence-corrected chi connectivity index (χ1v) is 24.9. The zero-order valence-electron chi connectivity index (χ0n) is 43.8. The Hall–Kier alpha value is -7.09. The predicted octanol–water partition coefficient (Wildman–Crippen LogP) is 19.3. The van der Waals surface area contributed by atoms with E-state index in [0.717, 1.165) is 44.8 Å². The summed E-state index contributed by atoms with van der Waals surface area (Å²) in [5, 5.41) is 0. The number of hydrogen-bond acceptors (Lipinski definition) is 1. The van der Waals surface area contributed by atoms with Crippen LogP contribution < -0.4 is 0 Å². The average molecular weight is 916 g/mol. The number of nitrogens with zero attached hydrogens (tertiary/aromatic N) is 1. The Morgan fingerprint density at radius 2 is 0.414 bits per heavy atom. The van der Waals surface area contributed by atoms with E-state index in [9.17, 15) is 0 Å². The molecule has 70 heavy (non-hydrogen) atoms. The molecule has 354 valence electrons. The summed E-state index contributed by atoms with van der Waals surface area (Å²) in [7, 11) is 0. The van der Waals surface area contributed by atoms with Crippen LogP contribution >= 0.6 is 0 Å². The van der Waals surface area contributed by atoms with Crippen molar-refractivity contribution < 1.29 is 0 Å². The fraction of sp³-hybridized carbons (Fsp3) is 0.232. The lowest BCUT2D eigenvalue weighted by atomic mass is 9.86. The summed E-state index contributed by atoms with van der Waals surface area (Å²) in [5.74, 6) is 0. The highest BCUT2D eigenvalue weighted by Crippen LogP contribution is 2.28. The van der Waals surface area contributed by atoms with Crippen LogP contribution in [0.25, 0.3) is 72.9 Å². The van der Waals surface area contributed by atoms with E-state index in [1.54, 1.807) is 0 Å². The third-order valence-corrected chi connectivity index (χ3v) is 12.7. The van der Waals surface area contributed by atoms with Gasteiger partial charge in [-0.25, -0.2) is 4.98 Å². The van der Waals surface area contributed by atoms with Gasteiger partial charge < -0.3 is 0 Å². The van der Waals surface area contributed by atoms with Crippen LogP contribution in [0.4, 0.5) is 0 Å². The quantitative estimate of drug-likeness (QED) is 0.111. The van der Waals surface area contributed by atoms with E-state index in [-0.39, 0.29) is 21.7 Å². The Labute approximate surface area is 421 Å². The lowest BCUT2D eigenvalue weighted by Crippen LogP contribution is -2.10. The Bertz CT molecular complexity index is 2660. The Kier molecular flexibility index (Phi) is 15.7. The molecule has 0 aliphatic heterocycles. The molecule has 1 aromatic heterocycles. The number of benzene rings is 6. The van der Waals surface area contributed by atoms with E-state index < -0.39 is 0 Å². The van der Waals surface area contributed by atoms with Gasteiger partial charge in [0.15, 0.2) is 0 Å². The van der Waals surface area contributed by atoms with Crippen molar-refractivity contribution in [3.63, 3.8) is 0 Å². The minimum absolute atomic E-state index is 0.119. The van der Waals surface area contributed by atoms with Gasteiger partial charge in [-0.15, -0.1) is 0 Å². The van der Waals surface area contributed by atoms with E-state index in [4.69, 9.17) is 4.98 Å². The molecular formula is C69H73N. The highest BCUT2D eigenvalue weighted by atomic mass is 14.7. The zero-order valence-corrected chi connectivity index (χ0v) is 43.8. The molecule has 1 heteroatoms. The first-order valence-electron chi connectivity index (χ1n) is 24.9. The summed E-state index contributed by atoms with van der Waals surface area (Å²) in [6.45, 7) is 27.0. The number of aromatic nitrogens is 1. The SMILES string of the molecule is CC(C)(C)c1ccc(/C=C/c2cc(/C=C/c3ccc(C(C)(C)C)cc3)cc(/C=C/c3cccc(/C=C/c4cc(/C=C/c5ccc(C(C)(C)C)cc5)cc(/C=C/c5ccc(C(C)(C)C)cc5)c4)n3)c2)cc1. The molecule has 0 aliphatic carbocycles. The molecule has 0 N–H and O–H groups in total. The average Bonchev–Trinajstić information content (AvgIpc) is 3.32. The van der Waals surface area contributed by atoms with Crippen molar-refractivity contribution in [1.29, 1.82) is 0 Å². The van der Waals surface area contributed by atoms with Crippen molar-refractivity contribution in [2.24, 2.45) is 0 Å². The van der Waals surface area contributed by atoms with Crippen molar-refractivity contribution in [3.05, 3.63) is 241 Å². The maximum Gasteiger partial charge on any atom is 0.0637 e. The Morgan fingerprint density at radius 1 is 0.229 bits per heavy atom. The maximum atomic E-state index is 5.06. The van der Waals surface area contributed by atoms with E-state index in [1.165, 1.54) is 44.5 Å². The van der Waals surface area contributed by atoms with Gasteiger partial charge in [-0.2, -0.15) is 0 Å². The first-order chi connectivity index (χ1) is 33.1. The van der Waals surface area contributed by atoms with Crippen LogP contribution in [-0.4, -0.2) is 4.98 Å². The molecule has 0 radical (unpaired) electrons. The maximum absolute atomic E-state index is 5.06. The summed E-state index contributed by atoms with van der Waals surface area (Å²) in [5.41, 5.74) is 19.1. The van der Waals surface area contributed by atoms with Gasteiger partial charge in [0.1, 0.15) is 0 Å². The molecule has 0 saturated heterocycles. The van der Waals surface area contributed by atoms with Gasteiger partial charge in [0.2, 0.25) is 0 Å². The van der Waals surface area contributed by atoms with Crippen LogP contribution in [0.1, 0.15) is 172 Å². The molecule has 1 nitrogen and oxygen atoms in total. The normalized spacial score (nSPS) is 13.1. The number of hydrogen-bond donors (Lipinski definition) is 0. The highest BCUT2D eigenvalue weighted by Gasteiger charge is 2.15. The minimum atomic E-state index is 0.119. The fourth-order valence-electron chi connectivity index (χ4n) is 8.15. The smallest absolute Gasteiger partial charge is 0.0637 e. The molecule has 0 bridgehead atoms. The van der Waals surface area contributed by atoms with Crippen molar-refractivity contribution in [3.8, 4) is 0 Å². The second-order valence-electron chi connectivity index (χ2n) is 22.8. The molecule has 1 heterocycles. The fourth-order valence-corrected chi connectivity index (χ4v) is 8.15. The topological polar surface area (TPSA) is 12.9 Å².